The molecule has 0 N–H and O–H groups in total. The van der Waals surface area contributed by atoms with Crippen LogP contribution >= 0.6 is 0 Å². The van der Waals surface area contributed by atoms with Gasteiger partial charge >= 0.3 is 0 Å². The molecule has 0 spiro atoms. The molecule has 2 bridgehead atoms. The van der Waals surface area contributed by atoms with Gasteiger partial charge in [-0.25, -0.2) is 0 Å². The van der Waals surface area contributed by atoms with Crippen molar-refractivity contribution in [2.24, 2.45) is 11.8 Å². The van der Waals surface area contributed by atoms with Gasteiger partial charge in [-0.05, 0) is 55.6 Å². The molecule has 0 fully saturated rings. The average molecular weight is 292 g/mol. The molecule has 22 heavy (non-hydrogen) atoms. The number of rotatable bonds is 1. The minimum Gasteiger partial charge on any atom is -0.0729 e. The number of hydrogen-bond acceptors (Lipinski definition) is 0. The molecule has 0 heteroatoms. The fourth-order valence-electron chi connectivity index (χ4n) is 4.98. The van der Waals surface area contributed by atoms with Crippen LogP contribution in [0.25, 0.3) is 5.57 Å². The SMILES string of the molecule is C1=C(c2ccccc2)[C@@H]2CCCCC[C@H]1C1=C2CCCCC1. The molecule has 1 aromatic carbocycles. The lowest BCUT2D eigenvalue weighted by atomic mass is 9.71. The topological polar surface area (TPSA) is 0 Å². The zero-order valence-corrected chi connectivity index (χ0v) is 13.7. The highest BCUT2D eigenvalue weighted by molar-refractivity contribution is 5.72. The van der Waals surface area contributed by atoms with E-state index >= 15 is 0 Å². The molecule has 0 heterocycles. The van der Waals surface area contributed by atoms with Gasteiger partial charge in [0.2, 0.25) is 0 Å². The first-order chi connectivity index (χ1) is 10.9. The summed E-state index contributed by atoms with van der Waals surface area (Å²) in [5.74, 6) is 1.47. The van der Waals surface area contributed by atoms with Crippen molar-refractivity contribution in [2.75, 3.05) is 0 Å². The highest BCUT2D eigenvalue weighted by atomic mass is 14.4. The summed E-state index contributed by atoms with van der Waals surface area (Å²) >= 11 is 0. The van der Waals surface area contributed by atoms with E-state index in [9.17, 15) is 0 Å². The van der Waals surface area contributed by atoms with Crippen LogP contribution in [0.4, 0.5) is 0 Å². The predicted octanol–water partition coefficient (Wildman–Crippen LogP) is 6.54. The van der Waals surface area contributed by atoms with Crippen LogP contribution in [-0.2, 0) is 0 Å². The molecule has 0 aliphatic heterocycles. The van der Waals surface area contributed by atoms with Gasteiger partial charge in [0.25, 0.3) is 0 Å². The summed E-state index contributed by atoms with van der Waals surface area (Å²) < 4.78 is 0. The summed E-state index contributed by atoms with van der Waals surface area (Å²) in [6.07, 6.45) is 16.8. The normalized spacial score (nSPS) is 29.0. The Morgan fingerprint density at radius 3 is 2.27 bits per heavy atom. The van der Waals surface area contributed by atoms with Crippen molar-refractivity contribution in [3.8, 4) is 0 Å². The Hall–Kier alpha value is -1.30. The number of benzene rings is 1. The fraction of sp³-hybridized carbons (Fsp3) is 0.545. The van der Waals surface area contributed by atoms with Gasteiger partial charge in [0.05, 0.1) is 0 Å². The van der Waals surface area contributed by atoms with Crippen LogP contribution in [0.2, 0.25) is 0 Å². The largest absolute Gasteiger partial charge is 0.0729 e. The molecule has 0 amide bonds. The molecule has 0 unspecified atom stereocenters. The zero-order chi connectivity index (χ0) is 14.8. The summed E-state index contributed by atoms with van der Waals surface area (Å²) in [5.41, 5.74) is 6.87. The Labute approximate surface area is 135 Å². The summed E-state index contributed by atoms with van der Waals surface area (Å²) in [7, 11) is 0. The molecule has 0 aromatic heterocycles. The Morgan fingerprint density at radius 1 is 0.682 bits per heavy atom. The van der Waals surface area contributed by atoms with Gasteiger partial charge in [-0.1, -0.05) is 73.2 Å². The molecule has 2 atom stereocenters. The van der Waals surface area contributed by atoms with E-state index in [2.05, 4.69) is 36.4 Å². The van der Waals surface area contributed by atoms with Crippen molar-refractivity contribution in [3.05, 3.63) is 53.1 Å². The maximum Gasteiger partial charge on any atom is 0.00540 e. The van der Waals surface area contributed by atoms with Crippen LogP contribution in [0.3, 0.4) is 0 Å². The fourth-order valence-corrected chi connectivity index (χ4v) is 4.98. The molecule has 3 aliphatic carbocycles. The van der Waals surface area contributed by atoms with E-state index in [1.165, 1.54) is 69.8 Å². The standard InChI is InChI=1S/C22H28/c1-4-10-17(11-5-1)22-16-18-12-6-2-8-15-21(22)20-14-9-3-7-13-19(18)20/h1,4-5,10-11,16,18,21H,2-3,6-9,12-15H2/t18-,21-/m1/s1. The minimum atomic E-state index is 0.727. The molecular formula is C22H28. The van der Waals surface area contributed by atoms with Crippen LogP contribution in [0.1, 0.15) is 69.8 Å². The second-order valence-corrected chi connectivity index (χ2v) is 7.40. The quantitative estimate of drug-likeness (QED) is 0.515. The number of allylic oxidation sites excluding steroid dienone is 4. The third-order valence-electron chi connectivity index (χ3n) is 6.04. The lowest BCUT2D eigenvalue weighted by molar-refractivity contribution is 0.565. The van der Waals surface area contributed by atoms with E-state index in [1.807, 2.05) is 11.1 Å². The van der Waals surface area contributed by atoms with Crippen LogP contribution in [0, 0.1) is 11.8 Å². The predicted molar refractivity (Wildman–Crippen MR) is 94.6 cm³/mol. The molecule has 4 rings (SSSR count). The molecular weight excluding hydrogens is 264 g/mol. The first-order valence-electron chi connectivity index (χ1n) is 9.42. The Morgan fingerprint density at radius 2 is 1.41 bits per heavy atom. The van der Waals surface area contributed by atoms with Gasteiger partial charge in [0, 0.05) is 5.92 Å². The van der Waals surface area contributed by atoms with Crippen LogP contribution in [-0.4, -0.2) is 0 Å². The average Bonchev–Trinajstić information content (AvgIpc) is 2.72. The number of hydrogen-bond donors (Lipinski definition) is 0. The third-order valence-corrected chi connectivity index (χ3v) is 6.04. The Balaban J connectivity index is 1.78. The summed E-state index contributed by atoms with van der Waals surface area (Å²) in [4.78, 5) is 0. The van der Waals surface area contributed by atoms with Gasteiger partial charge in [-0.3, -0.25) is 0 Å². The molecule has 0 saturated heterocycles. The first kappa shape index (κ1) is 14.3. The molecule has 0 nitrogen and oxygen atoms in total. The van der Waals surface area contributed by atoms with Crippen LogP contribution in [0.5, 0.6) is 0 Å². The highest BCUT2D eigenvalue weighted by Crippen LogP contribution is 2.48. The van der Waals surface area contributed by atoms with Crippen molar-refractivity contribution in [3.63, 3.8) is 0 Å². The number of fused-ring (bicyclic) bond motifs is 4. The van der Waals surface area contributed by atoms with E-state index in [-0.39, 0.29) is 0 Å². The minimum absolute atomic E-state index is 0.727. The van der Waals surface area contributed by atoms with Crippen LogP contribution in [0.15, 0.2) is 47.6 Å². The molecule has 0 saturated carbocycles. The highest BCUT2D eigenvalue weighted by Gasteiger charge is 2.32. The molecule has 0 radical (unpaired) electrons. The van der Waals surface area contributed by atoms with E-state index < -0.39 is 0 Å². The lowest BCUT2D eigenvalue weighted by Gasteiger charge is -2.33. The first-order valence-corrected chi connectivity index (χ1v) is 9.42. The third kappa shape index (κ3) is 2.69. The van der Waals surface area contributed by atoms with E-state index in [0.717, 1.165) is 11.8 Å². The summed E-state index contributed by atoms with van der Waals surface area (Å²) in [6.45, 7) is 0. The second-order valence-electron chi connectivity index (χ2n) is 7.40. The smallest absolute Gasteiger partial charge is 0.00540 e. The van der Waals surface area contributed by atoms with Crippen molar-refractivity contribution in [1.82, 2.24) is 0 Å². The maximum atomic E-state index is 2.68. The molecule has 1 aromatic rings. The molecule has 3 aliphatic rings. The summed E-state index contributed by atoms with van der Waals surface area (Å²) in [6, 6.07) is 11.2. The van der Waals surface area contributed by atoms with Crippen LogP contribution < -0.4 is 0 Å². The van der Waals surface area contributed by atoms with Crippen molar-refractivity contribution < 1.29 is 0 Å². The van der Waals surface area contributed by atoms with Gasteiger partial charge in [-0.2, -0.15) is 0 Å². The Bertz CT molecular complexity index is 575. The lowest BCUT2D eigenvalue weighted by Crippen LogP contribution is -2.18. The van der Waals surface area contributed by atoms with E-state index in [1.54, 1.807) is 5.57 Å². The van der Waals surface area contributed by atoms with Gasteiger partial charge in [-0.15, -0.1) is 0 Å². The monoisotopic (exact) mass is 292 g/mol. The van der Waals surface area contributed by atoms with Gasteiger partial charge in [0.15, 0.2) is 0 Å². The Kier molecular flexibility index (Phi) is 4.19. The maximum absolute atomic E-state index is 2.68. The van der Waals surface area contributed by atoms with Crippen molar-refractivity contribution in [2.45, 2.75) is 64.2 Å². The van der Waals surface area contributed by atoms with E-state index in [4.69, 9.17) is 0 Å². The molecule has 116 valence electrons. The van der Waals surface area contributed by atoms with Gasteiger partial charge in [0.1, 0.15) is 0 Å². The zero-order valence-electron chi connectivity index (χ0n) is 13.7. The summed E-state index contributed by atoms with van der Waals surface area (Å²) in [5, 5.41) is 0. The van der Waals surface area contributed by atoms with Crippen molar-refractivity contribution in [1.29, 1.82) is 0 Å². The second kappa shape index (κ2) is 6.44. The van der Waals surface area contributed by atoms with Crippen molar-refractivity contribution >= 4 is 5.57 Å². The van der Waals surface area contributed by atoms with Gasteiger partial charge < -0.3 is 0 Å². The van der Waals surface area contributed by atoms with E-state index in [0.29, 0.717) is 0 Å².